The Hall–Kier alpha value is -2.46. The van der Waals surface area contributed by atoms with Gasteiger partial charge in [0, 0.05) is 11.1 Å². The number of carbonyl (C=O) groups excluding carboxylic acids is 2. The van der Waals surface area contributed by atoms with E-state index in [4.69, 9.17) is 9.78 Å². The maximum atomic E-state index is 12.2. The molecule has 0 aliphatic rings. The van der Waals surface area contributed by atoms with E-state index in [-0.39, 0.29) is 5.78 Å². The van der Waals surface area contributed by atoms with Crippen molar-refractivity contribution in [3.8, 4) is 0 Å². The minimum absolute atomic E-state index is 0.0836. The molecule has 0 bridgehead atoms. The fraction of sp³-hybridized carbons (Fsp3) is 0.222. The van der Waals surface area contributed by atoms with Crippen LogP contribution in [-0.2, 0) is 9.78 Å². The maximum Gasteiger partial charge on any atom is 0.373 e. The Labute approximate surface area is 129 Å². The molecular formula is C18H18O4. The van der Waals surface area contributed by atoms with E-state index in [1.807, 2.05) is 25.1 Å². The second kappa shape index (κ2) is 8.10. The molecule has 0 aromatic heterocycles. The maximum absolute atomic E-state index is 12.2. The molecule has 2 rings (SSSR count). The van der Waals surface area contributed by atoms with Crippen LogP contribution < -0.4 is 0 Å². The van der Waals surface area contributed by atoms with Crippen LogP contribution in [0.15, 0.2) is 54.6 Å². The minimum Gasteiger partial charge on any atom is -0.293 e. The molecular weight excluding hydrogens is 280 g/mol. The number of carbonyl (C=O) groups is 2. The lowest BCUT2D eigenvalue weighted by molar-refractivity contribution is -0.241. The highest BCUT2D eigenvalue weighted by Gasteiger charge is 2.12. The summed E-state index contributed by atoms with van der Waals surface area (Å²) in [4.78, 5) is 33.5. The zero-order valence-electron chi connectivity index (χ0n) is 12.5. The molecule has 0 heterocycles. The van der Waals surface area contributed by atoms with Crippen molar-refractivity contribution >= 4 is 11.8 Å². The van der Waals surface area contributed by atoms with Crippen LogP contribution in [0.1, 0.15) is 46.0 Å². The summed E-state index contributed by atoms with van der Waals surface area (Å²) >= 11 is 0. The Kier molecular flexibility index (Phi) is 5.86. The van der Waals surface area contributed by atoms with E-state index in [9.17, 15) is 9.59 Å². The van der Waals surface area contributed by atoms with E-state index in [0.717, 1.165) is 12.8 Å². The molecule has 0 aliphatic carbocycles. The molecule has 0 saturated carbocycles. The van der Waals surface area contributed by atoms with Crippen molar-refractivity contribution in [3.63, 3.8) is 0 Å². The highest BCUT2D eigenvalue weighted by molar-refractivity contribution is 6.09. The number of benzene rings is 2. The zero-order valence-corrected chi connectivity index (χ0v) is 12.5. The molecule has 0 N–H and O–H groups in total. The Morgan fingerprint density at radius 1 is 0.864 bits per heavy atom. The summed E-state index contributed by atoms with van der Waals surface area (Å²) in [5.41, 5.74) is 1.48. The fourth-order valence-corrected chi connectivity index (χ4v) is 1.86. The molecule has 2 aromatic carbocycles. The first kappa shape index (κ1) is 15.9. The van der Waals surface area contributed by atoms with Crippen LogP contribution in [0, 0.1) is 0 Å². The lowest BCUT2D eigenvalue weighted by Gasteiger charge is -2.04. The second-order valence-electron chi connectivity index (χ2n) is 4.82. The van der Waals surface area contributed by atoms with Gasteiger partial charge in [0.25, 0.3) is 0 Å². The predicted molar refractivity (Wildman–Crippen MR) is 82.6 cm³/mol. The molecule has 0 aliphatic heterocycles. The van der Waals surface area contributed by atoms with Gasteiger partial charge in [-0.2, -0.15) is 4.89 Å². The van der Waals surface area contributed by atoms with Gasteiger partial charge in [0.05, 0.1) is 12.2 Å². The Bertz CT molecular complexity index is 617. The van der Waals surface area contributed by atoms with Crippen molar-refractivity contribution in [1.29, 1.82) is 0 Å². The largest absolute Gasteiger partial charge is 0.373 e. The quantitative estimate of drug-likeness (QED) is 0.337. The predicted octanol–water partition coefficient (Wildman–Crippen LogP) is 3.81. The van der Waals surface area contributed by atoms with Crippen molar-refractivity contribution in [1.82, 2.24) is 0 Å². The van der Waals surface area contributed by atoms with E-state index < -0.39 is 5.97 Å². The van der Waals surface area contributed by atoms with E-state index in [2.05, 4.69) is 0 Å². The van der Waals surface area contributed by atoms with E-state index in [1.54, 1.807) is 36.4 Å². The van der Waals surface area contributed by atoms with E-state index in [0.29, 0.717) is 23.3 Å². The summed E-state index contributed by atoms with van der Waals surface area (Å²) in [6.45, 7) is 2.40. The van der Waals surface area contributed by atoms with Crippen molar-refractivity contribution in [2.24, 2.45) is 0 Å². The summed E-state index contributed by atoms with van der Waals surface area (Å²) in [5, 5.41) is 0. The normalized spacial score (nSPS) is 10.2. The van der Waals surface area contributed by atoms with Gasteiger partial charge in [-0.25, -0.2) is 4.79 Å². The van der Waals surface area contributed by atoms with Crippen LogP contribution >= 0.6 is 0 Å². The summed E-state index contributed by atoms with van der Waals surface area (Å²) in [6, 6.07) is 15.3. The van der Waals surface area contributed by atoms with Gasteiger partial charge in [-0.3, -0.25) is 9.68 Å². The zero-order chi connectivity index (χ0) is 15.8. The molecule has 0 radical (unpaired) electrons. The summed E-state index contributed by atoms with van der Waals surface area (Å²) in [7, 11) is 0. The lowest BCUT2D eigenvalue weighted by atomic mass is 10.0. The molecule has 4 nitrogen and oxygen atoms in total. The van der Waals surface area contributed by atoms with Crippen LogP contribution in [0.5, 0.6) is 0 Å². The van der Waals surface area contributed by atoms with Crippen LogP contribution in [0.3, 0.4) is 0 Å². The summed E-state index contributed by atoms with van der Waals surface area (Å²) < 4.78 is 0. The fourth-order valence-electron chi connectivity index (χ4n) is 1.86. The van der Waals surface area contributed by atoms with Gasteiger partial charge in [0.15, 0.2) is 5.78 Å². The molecule has 0 atom stereocenters. The van der Waals surface area contributed by atoms with Gasteiger partial charge in [-0.05, 0) is 18.6 Å². The van der Waals surface area contributed by atoms with Crippen LogP contribution in [0.25, 0.3) is 0 Å². The van der Waals surface area contributed by atoms with E-state index >= 15 is 0 Å². The van der Waals surface area contributed by atoms with Gasteiger partial charge in [-0.1, -0.05) is 55.8 Å². The van der Waals surface area contributed by atoms with Gasteiger partial charge in [0.1, 0.15) is 0 Å². The lowest BCUT2D eigenvalue weighted by Crippen LogP contribution is -2.08. The average Bonchev–Trinajstić information content (AvgIpc) is 2.59. The first-order valence-electron chi connectivity index (χ1n) is 7.26. The minimum atomic E-state index is -0.560. The van der Waals surface area contributed by atoms with Gasteiger partial charge in [-0.15, -0.1) is 0 Å². The van der Waals surface area contributed by atoms with Crippen molar-refractivity contribution in [2.45, 2.75) is 19.8 Å². The summed E-state index contributed by atoms with van der Waals surface area (Å²) in [6.07, 6.45) is 1.80. The monoisotopic (exact) mass is 298 g/mol. The standard InChI is InChI=1S/C18H18O4/c1-2-3-13-21-22-18(20)16-11-9-15(10-12-16)17(19)14-7-5-4-6-8-14/h4-12H,2-3,13H2,1H3. The first-order valence-corrected chi connectivity index (χ1v) is 7.26. The Morgan fingerprint density at radius 2 is 1.45 bits per heavy atom. The SMILES string of the molecule is CCCCOOC(=O)c1ccc(C(=O)c2ccccc2)cc1. The number of rotatable bonds is 7. The number of unbranched alkanes of at least 4 members (excludes halogenated alkanes) is 1. The average molecular weight is 298 g/mol. The summed E-state index contributed by atoms with van der Waals surface area (Å²) in [5.74, 6) is -0.644. The molecule has 22 heavy (non-hydrogen) atoms. The van der Waals surface area contributed by atoms with Crippen molar-refractivity contribution in [2.75, 3.05) is 6.61 Å². The number of hydrogen-bond donors (Lipinski definition) is 0. The van der Waals surface area contributed by atoms with Gasteiger partial charge in [0.2, 0.25) is 0 Å². The molecule has 2 aromatic rings. The smallest absolute Gasteiger partial charge is 0.293 e. The van der Waals surface area contributed by atoms with E-state index in [1.165, 1.54) is 0 Å². The Morgan fingerprint density at radius 3 is 2.09 bits per heavy atom. The third-order valence-electron chi connectivity index (χ3n) is 3.13. The van der Waals surface area contributed by atoms with Crippen molar-refractivity contribution < 1.29 is 19.4 Å². The number of hydrogen-bond acceptors (Lipinski definition) is 4. The van der Waals surface area contributed by atoms with Crippen LogP contribution in [-0.4, -0.2) is 18.4 Å². The molecule has 4 heteroatoms. The molecule has 0 fully saturated rings. The second-order valence-corrected chi connectivity index (χ2v) is 4.82. The van der Waals surface area contributed by atoms with Crippen LogP contribution in [0.2, 0.25) is 0 Å². The highest BCUT2D eigenvalue weighted by atomic mass is 17.2. The highest BCUT2D eigenvalue weighted by Crippen LogP contribution is 2.12. The topological polar surface area (TPSA) is 52.6 Å². The molecule has 0 amide bonds. The van der Waals surface area contributed by atoms with Gasteiger partial charge >= 0.3 is 5.97 Å². The first-order chi connectivity index (χ1) is 10.7. The molecule has 0 saturated heterocycles. The molecule has 114 valence electrons. The third-order valence-corrected chi connectivity index (χ3v) is 3.13. The van der Waals surface area contributed by atoms with Crippen molar-refractivity contribution in [3.05, 3.63) is 71.3 Å². The third kappa shape index (κ3) is 4.27. The van der Waals surface area contributed by atoms with Gasteiger partial charge < -0.3 is 0 Å². The Balaban J connectivity index is 1.98. The molecule has 0 unspecified atom stereocenters. The number of ketones is 1. The van der Waals surface area contributed by atoms with Crippen LogP contribution in [0.4, 0.5) is 0 Å². The molecule has 0 spiro atoms.